The highest BCUT2D eigenvalue weighted by Crippen LogP contribution is 2.24. The average Bonchev–Trinajstić information content (AvgIpc) is 2.85. The largest absolute Gasteiger partial charge is 0.381 e. The van der Waals surface area contributed by atoms with Crippen LogP contribution in [0.2, 0.25) is 0 Å². The molecule has 22 heavy (non-hydrogen) atoms. The Bertz CT molecular complexity index is 750. The lowest BCUT2D eigenvalue weighted by Crippen LogP contribution is -2.56. The van der Waals surface area contributed by atoms with E-state index in [-0.39, 0.29) is 17.5 Å². The molecule has 1 fully saturated rings. The van der Waals surface area contributed by atoms with Crippen LogP contribution in [0.3, 0.4) is 0 Å². The Kier molecular flexibility index (Phi) is 3.37. The molecule has 2 aromatic rings. The van der Waals surface area contributed by atoms with Crippen LogP contribution in [0.4, 0.5) is 0 Å². The van der Waals surface area contributed by atoms with Crippen LogP contribution in [0.25, 0.3) is 5.69 Å². The van der Waals surface area contributed by atoms with Crippen LogP contribution >= 0.6 is 0 Å². The lowest BCUT2D eigenvalue weighted by atomic mass is 10.0. The van der Waals surface area contributed by atoms with Gasteiger partial charge in [0, 0.05) is 31.5 Å². The van der Waals surface area contributed by atoms with E-state index in [9.17, 15) is 14.7 Å². The van der Waals surface area contributed by atoms with Crippen molar-refractivity contribution in [3.05, 3.63) is 47.1 Å². The van der Waals surface area contributed by atoms with Crippen LogP contribution in [0.1, 0.15) is 19.9 Å². The van der Waals surface area contributed by atoms with Crippen molar-refractivity contribution in [3.63, 3.8) is 0 Å². The van der Waals surface area contributed by atoms with Crippen molar-refractivity contribution < 1.29 is 9.90 Å². The minimum atomic E-state index is -1.35. The molecule has 1 N–H and O–H groups in total. The Morgan fingerprint density at radius 1 is 1.36 bits per heavy atom. The first-order valence-electron chi connectivity index (χ1n) is 7.10. The summed E-state index contributed by atoms with van der Waals surface area (Å²) >= 11 is 0. The van der Waals surface area contributed by atoms with Gasteiger partial charge in [-0.3, -0.25) is 18.8 Å². The fourth-order valence-corrected chi connectivity index (χ4v) is 2.47. The quantitative estimate of drug-likeness (QED) is 0.877. The van der Waals surface area contributed by atoms with Gasteiger partial charge in [-0.15, -0.1) is 0 Å². The van der Waals surface area contributed by atoms with E-state index < -0.39 is 5.60 Å². The van der Waals surface area contributed by atoms with Crippen LogP contribution in [-0.4, -0.2) is 49.0 Å². The highest BCUT2D eigenvalue weighted by Gasteiger charge is 2.38. The molecule has 0 unspecified atom stereocenters. The van der Waals surface area contributed by atoms with Gasteiger partial charge in [0.25, 0.3) is 11.5 Å². The van der Waals surface area contributed by atoms with Crippen molar-refractivity contribution in [3.8, 4) is 5.69 Å². The SMILES string of the molecule is CC(C)(O)C(=O)N1CC(n2cc(-n3ccccc3=O)cn2)C1. The van der Waals surface area contributed by atoms with E-state index in [4.69, 9.17) is 0 Å². The Morgan fingerprint density at radius 2 is 2.09 bits per heavy atom. The van der Waals surface area contributed by atoms with E-state index in [1.165, 1.54) is 24.5 Å². The molecule has 0 aromatic carbocycles. The summed E-state index contributed by atoms with van der Waals surface area (Å²) < 4.78 is 3.27. The molecule has 1 saturated heterocycles. The zero-order chi connectivity index (χ0) is 15.9. The number of amides is 1. The van der Waals surface area contributed by atoms with Crippen molar-refractivity contribution >= 4 is 5.91 Å². The molecule has 3 heterocycles. The maximum absolute atomic E-state index is 11.9. The Balaban J connectivity index is 1.71. The molecule has 0 radical (unpaired) electrons. The molecule has 0 aliphatic carbocycles. The lowest BCUT2D eigenvalue weighted by molar-refractivity contribution is -0.154. The van der Waals surface area contributed by atoms with E-state index >= 15 is 0 Å². The normalized spacial score (nSPS) is 15.7. The molecule has 3 rings (SSSR count). The summed E-state index contributed by atoms with van der Waals surface area (Å²) in [6, 6.07) is 5.03. The highest BCUT2D eigenvalue weighted by molar-refractivity contribution is 5.84. The van der Waals surface area contributed by atoms with Crippen molar-refractivity contribution in [2.24, 2.45) is 0 Å². The van der Waals surface area contributed by atoms with Crippen molar-refractivity contribution in [1.29, 1.82) is 0 Å². The van der Waals surface area contributed by atoms with Crippen LogP contribution in [0, 0.1) is 0 Å². The van der Waals surface area contributed by atoms with Gasteiger partial charge in [-0.2, -0.15) is 5.10 Å². The average molecular weight is 302 g/mol. The third-order valence-corrected chi connectivity index (χ3v) is 3.74. The Labute approximate surface area is 127 Å². The second kappa shape index (κ2) is 5.10. The van der Waals surface area contributed by atoms with Gasteiger partial charge < -0.3 is 10.0 Å². The number of pyridine rings is 1. The first-order valence-corrected chi connectivity index (χ1v) is 7.10. The summed E-state index contributed by atoms with van der Waals surface area (Å²) in [6.45, 7) is 3.98. The molecule has 0 bridgehead atoms. The summed E-state index contributed by atoms with van der Waals surface area (Å²) in [4.78, 5) is 25.3. The van der Waals surface area contributed by atoms with E-state index in [2.05, 4.69) is 5.10 Å². The minimum absolute atomic E-state index is 0.0689. The number of rotatable bonds is 3. The molecule has 0 saturated carbocycles. The summed E-state index contributed by atoms with van der Waals surface area (Å²) in [5.74, 6) is -0.282. The molecular weight excluding hydrogens is 284 g/mol. The number of likely N-dealkylation sites (tertiary alicyclic amines) is 1. The summed E-state index contributed by atoms with van der Waals surface area (Å²) in [6.07, 6.45) is 5.11. The number of carbonyl (C=O) groups is 1. The highest BCUT2D eigenvalue weighted by atomic mass is 16.3. The molecule has 1 amide bonds. The molecule has 116 valence electrons. The Hall–Kier alpha value is -2.41. The van der Waals surface area contributed by atoms with Gasteiger partial charge in [0.15, 0.2) is 0 Å². The minimum Gasteiger partial charge on any atom is -0.381 e. The smallest absolute Gasteiger partial charge is 0.255 e. The predicted octanol–water partition coefficient (Wildman–Crippen LogP) is 0.188. The summed E-state index contributed by atoms with van der Waals surface area (Å²) in [5.41, 5.74) is -0.773. The second-order valence-corrected chi connectivity index (χ2v) is 6.01. The first-order chi connectivity index (χ1) is 10.4. The zero-order valence-corrected chi connectivity index (χ0v) is 12.5. The lowest BCUT2D eigenvalue weighted by Gasteiger charge is -2.41. The first kappa shape index (κ1) is 14.5. The van der Waals surface area contributed by atoms with Crippen LogP contribution in [0.15, 0.2) is 41.6 Å². The van der Waals surface area contributed by atoms with Gasteiger partial charge in [0.2, 0.25) is 0 Å². The maximum atomic E-state index is 11.9. The van der Waals surface area contributed by atoms with Gasteiger partial charge in [0.1, 0.15) is 5.60 Å². The topological polar surface area (TPSA) is 80.4 Å². The number of aliphatic hydroxyl groups is 1. The molecular formula is C15H18N4O3. The van der Waals surface area contributed by atoms with Crippen molar-refractivity contribution in [1.82, 2.24) is 19.2 Å². The molecule has 2 aromatic heterocycles. The third kappa shape index (κ3) is 2.55. The fraction of sp³-hybridized carbons (Fsp3) is 0.400. The standard InChI is InChI=1S/C15H18N4O3/c1-15(2,22)14(21)17-8-12(9-17)19-10-11(7-16-19)18-6-4-3-5-13(18)20/h3-7,10,12,22H,8-9H2,1-2H3. The molecule has 1 aliphatic heterocycles. The number of aromatic nitrogens is 3. The molecule has 0 spiro atoms. The number of nitrogens with zero attached hydrogens (tertiary/aromatic N) is 4. The summed E-state index contributed by atoms with van der Waals surface area (Å²) in [5, 5.41) is 14.0. The number of hydrogen-bond donors (Lipinski definition) is 1. The molecule has 0 atom stereocenters. The van der Waals surface area contributed by atoms with Crippen molar-refractivity contribution in [2.75, 3.05) is 13.1 Å². The van der Waals surface area contributed by atoms with Gasteiger partial charge in [-0.05, 0) is 19.9 Å². The van der Waals surface area contributed by atoms with Gasteiger partial charge in [-0.25, -0.2) is 0 Å². The van der Waals surface area contributed by atoms with Crippen LogP contribution in [0.5, 0.6) is 0 Å². The zero-order valence-electron chi connectivity index (χ0n) is 12.5. The van der Waals surface area contributed by atoms with Crippen molar-refractivity contribution in [2.45, 2.75) is 25.5 Å². The number of hydrogen-bond acceptors (Lipinski definition) is 4. The Morgan fingerprint density at radius 3 is 2.73 bits per heavy atom. The van der Waals surface area contributed by atoms with Gasteiger partial charge in [0.05, 0.1) is 17.9 Å². The second-order valence-electron chi connectivity index (χ2n) is 6.01. The maximum Gasteiger partial charge on any atom is 0.255 e. The predicted molar refractivity (Wildman–Crippen MR) is 79.7 cm³/mol. The molecule has 1 aliphatic rings. The van der Waals surface area contributed by atoms with E-state index in [1.54, 1.807) is 40.3 Å². The van der Waals surface area contributed by atoms with Gasteiger partial charge >= 0.3 is 0 Å². The molecule has 7 nitrogen and oxygen atoms in total. The van der Waals surface area contributed by atoms with Crippen LogP contribution in [-0.2, 0) is 4.79 Å². The van der Waals surface area contributed by atoms with E-state index in [1.807, 2.05) is 0 Å². The van der Waals surface area contributed by atoms with E-state index in [0.29, 0.717) is 18.8 Å². The third-order valence-electron chi connectivity index (χ3n) is 3.74. The van der Waals surface area contributed by atoms with Gasteiger partial charge in [-0.1, -0.05) is 6.07 Å². The molecule has 7 heteroatoms. The monoisotopic (exact) mass is 302 g/mol. The summed E-state index contributed by atoms with van der Waals surface area (Å²) in [7, 11) is 0. The van der Waals surface area contributed by atoms with Crippen LogP contribution < -0.4 is 5.56 Å². The fourth-order valence-electron chi connectivity index (χ4n) is 2.47. The number of carbonyl (C=O) groups excluding carboxylic acids is 1. The van der Waals surface area contributed by atoms with E-state index in [0.717, 1.165) is 0 Å².